The van der Waals surface area contributed by atoms with Crippen molar-refractivity contribution in [3.8, 4) is 11.3 Å². The molecule has 1 aromatic heterocycles. The van der Waals surface area contributed by atoms with Crippen LogP contribution in [0.4, 0.5) is 4.39 Å². The smallest absolute Gasteiger partial charge is 0.341 e. The van der Waals surface area contributed by atoms with Gasteiger partial charge in [0, 0.05) is 4.47 Å². The molecule has 2 N–H and O–H groups in total. The number of H-pyrrole nitrogens is 1. The van der Waals surface area contributed by atoms with E-state index in [1.807, 2.05) is 0 Å². The fourth-order valence-electron chi connectivity index (χ4n) is 1.49. The summed E-state index contributed by atoms with van der Waals surface area (Å²) in [6, 6.07) is 6.72. The average Bonchev–Trinajstić information content (AvgIpc) is 2.32. The summed E-state index contributed by atoms with van der Waals surface area (Å²) in [5, 5.41) is 8.80. The maximum atomic E-state index is 12.8. The molecule has 18 heavy (non-hydrogen) atoms. The number of carboxylic acids is 1. The number of halogens is 2. The maximum absolute atomic E-state index is 12.8. The highest BCUT2D eigenvalue weighted by atomic mass is 79.9. The lowest BCUT2D eigenvalue weighted by atomic mass is 10.1. The number of rotatable bonds is 2. The fraction of sp³-hybridized carbons (Fsp3) is 0. The molecule has 1 heterocycles. The molecule has 0 aliphatic carbocycles. The van der Waals surface area contributed by atoms with Crippen LogP contribution in [0, 0.1) is 5.82 Å². The highest BCUT2D eigenvalue weighted by Gasteiger charge is 2.13. The highest BCUT2D eigenvalue weighted by Crippen LogP contribution is 2.25. The molecular formula is C12H7BrFNO3. The van der Waals surface area contributed by atoms with Crippen molar-refractivity contribution < 1.29 is 14.3 Å². The van der Waals surface area contributed by atoms with E-state index in [-0.39, 0.29) is 11.4 Å². The summed E-state index contributed by atoms with van der Waals surface area (Å²) >= 11 is 3.18. The third-order valence-electron chi connectivity index (χ3n) is 2.36. The van der Waals surface area contributed by atoms with E-state index in [0.717, 1.165) is 0 Å². The van der Waals surface area contributed by atoms with Crippen LogP contribution in [0.25, 0.3) is 11.3 Å². The first-order valence-corrected chi connectivity index (χ1v) is 5.70. The second-order valence-electron chi connectivity index (χ2n) is 3.55. The predicted molar refractivity (Wildman–Crippen MR) is 67.1 cm³/mol. The van der Waals surface area contributed by atoms with Gasteiger partial charge in [0.25, 0.3) is 5.56 Å². The molecule has 4 nitrogen and oxygen atoms in total. The summed E-state index contributed by atoms with van der Waals surface area (Å²) in [5.41, 5.74) is -0.0694. The predicted octanol–water partition coefficient (Wildman–Crippen LogP) is 2.64. The van der Waals surface area contributed by atoms with Crippen LogP contribution in [-0.4, -0.2) is 16.1 Å². The molecule has 0 atom stereocenters. The summed E-state index contributed by atoms with van der Waals surface area (Å²) in [5.74, 6) is -1.69. The van der Waals surface area contributed by atoms with Crippen LogP contribution < -0.4 is 5.56 Å². The van der Waals surface area contributed by atoms with E-state index in [1.54, 1.807) is 0 Å². The van der Waals surface area contributed by atoms with Crippen molar-refractivity contribution in [3.05, 3.63) is 56.5 Å². The minimum Gasteiger partial charge on any atom is -0.477 e. The third-order valence-corrected chi connectivity index (χ3v) is 2.98. The van der Waals surface area contributed by atoms with Crippen LogP contribution in [-0.2, 0) is 0 Å². The zero-order valence-corrected chi connectivity index (χ0v) is 10.5. The van der Waals surface area contributed by atoms with Crippen molar-refractivity contribution in [1.82, 2.24) is 4.98 Å². The van der Waals surface area contributed by atoms with E-state index < -0.39 is 11.5 Å². The second kappa shape index (κ2) is 4.73. The molecular weight excluding hydrogens is 305 g/mol. The molecule has 0 radical (unpaired) electrons. The second-order valence-corrected chi connectivity index (χ2v) is 4.40. The number of hydrogen-bond acceptors (Lipinski definition) is 2. The lowest BCUT2D eigenvalue weighted by Gasteiger charge is -2.05. The normalized spacial score (nSPS) is 10.3. The summed E-state index contributed by atoms with van der Waals surface area (Å²) in [6.45, 7) is 0. The molecule has 0 saturated heterocycles. The first kappa shape index (κ1) is 12.5. The Morgan fingerprint density at radius 1 is 1.28 bits per heavy atom. The Morgan fingerprint density at radius 2 is 1.89 bits per heavy atom. The number of carbonyl (C=O) groups is 1. The van der Waals surface area contributed by atoms with Gasteiger partial charge < -0.3 is 10.1 Å². The number of aromatic amines is 1. The van der Waals surface area contributed by atoms with Crippen LogP contribution in [0.15, 0.2) is 39.6 Å². The monoisotopic (exact) mass is 311 g/mol. The number of pyridine rings is 1. The SMILES string of the molecule is O=C(O)c1cc(Br)c(-c2ccc(F)cc2)[nH]c1=O. The molecule has 0 fully saturated rings. The number of benzene rings is 1. The average molecular weight is 312 g/mol. The molecule has 2 rings (SSSR count). The number of aromatic carboxylic acids is 1. The van der Waals surface area contributed by atoms with Gasteiger partial charge in [-0.2, -0.15) is 0 Å². The van der Waals surface area contributed by atoms with Crippen LogP contribution in [0.2, 0.25) is 0 Å². The number of carboxylic acid groups (broad SMARTS) is 1. The molecule has 0 aliphatic heterocycles. The lowest BCUT2D eigenvalue weighted by Crippen LogP contribution is -2.18. The van der Waals surface area contributed by atoms with Crippen molar-refractivity contribution in [2.24, 2.45) is 0 Å². The van der Waals surface area contributed by atoms with Gasteiger partial charge in [-0.25, -0.2) is 9.18 Å². The first-order valence-electron chi connectivity index (χ1n) is 4.91. The molecule has 92 valence electrons. The topological polar surface area (TPSA) is 70.2 Å². The van der Waals surface area contributed by atoms with E-state index in [9.17, 15) is 14.0 Å². The molecule has 0 saturated carbocycles. The molecule has 0 spiro atoms. The van der Waals surface area contributed by atoms with E-state index >= 15 is 0 Å². The minimum atomic E-state index is -1.30. The van der Waals surface area contributed by atoms with Crippen molar-refractivity contribution in [1.29, 1.82) is 0 Å². The quantitative estimate of drug-likeness (QED) is 0.895. The Balaban J connectivity index is 2.60. The Labute approximate surface area is 109 Å². The van der Waals surface area contributed by atoms with E-state index in [2.05, 4.69) is 20.9 Å². The van der Waals surface area contributed by atoms with E-state index in [1.165, 1.54) is 30.3 Å². The standard InChI is InChI=1S/C12H7BrFNO3/c13-9-5-8(12(17)18)11(16)15-10(9)6-1-3-7(14)4-2-6/h1-5H,(H,15,16)(H,17,18). The van der Waals surface area contributed by atoms with Gasteiger partial charge in [-0.3, -0.25) is 4.79 Å². The van der Waals surface area contributed by atoms with Crippen LogP contribution in [0.5, 0.6) is 0 Å². The summed E-state index contributed by atoms with van der Waals surface area (Å²) in [4.78, 5) is 24.8. The van der Waals surface area contributed by atoms with Gasteiger partial charge in [-0.15, -0.1) is 0 Å². The Morgan fingerprint density at radius 3 is 2.44 bits per heavy atom. The lowest BCUT2D eigenvalue weighted by molar-refractivity contribution is 0.0695. The molecule has 2 aromatic rings. The van der Waals surface area contributed by atoms with Crippen LogP contribution in [0.3, 0.4) is 0 Å². The molecule has 0 aliphatic rings. The van der Waals surface area contributed by atoms with E-state index in [0.29, 0.717) is 15.7 Å². The summed E-state index contributed by atoms with van der Waals surface area (Å²) < 4.78 is 13.2. The first-order chi connectivity index (χ1) is 8.49. The zero-order valence-electron chi connectivity index (χ0n) is 8.91. The Bertz CT molecular complexity index is 664. The van der Waals surface area contributed by atoms with Crippen molar-refractivity contribution in [2.75, 3.05) is 0 Å². The van der Waals surface area contributed by atoms with Crippen molar-refractivity contribution in [3.63, 3.8) is 0 Å². The maximum Gasteiger partial charge on any atom is 0.341 e. The van der Waals surface area contributed by atoms with Crippen LogP contribution in [0.1, 0.15) is 10.4 Å². The highest BCUT2D eigenvalue weighted by molar-refractivity contribution is 9.10. The summed E-state index contributed by atoms with van der Waals surface area (Å²) in [7, 11) is 0. The molecule has 0 bridgehead atoms. The fourth-order valence-corrected chi connectivity index (χ4v) is 2.05. The number of nitrogens with one attached hydrogen (secondary N) is 1. The van der Waals surface area contributed by atoms with Gasteiger partial charge in [0.05, 0.1) is 5.69 Å². The Kier molecular flexibility index (Phi) is 3.29. The zero-order chi connectivity index (χ0) is 13.3. The minimum absolute atomic E-state index is 0.354. The summed E-state index contributed by atoms with van der Waals surface area (Å²) in [6.07, 6.45) is 0. The van der Waals surface area contributed by atoms with Gasteiger partial charge in [0.15, 0.2) is 0 Å². The number of aromatic nitrogens is 1. The molecule has 1 aromatic carbocycles. The Hall–Kier alpha value is -1.95. The van der Waals surface area contributed by atoms with Gasteiger partial charge in [-0.05, 0) is 51.8 Å². The van der Waals surface area contributed by atoms with Gasteiger partial charge >= 0.3 is 5.97 Å². The third kappa shape index (κ3) is 2.33. The van der Waals surface area contributed by atoms with Gasteiger partial charge in [0.1, 0.15) is 11.4 Å². The molecule has 0 amide bonds. The largest absolute Gasteiger partial charge is 0.477 e. The molecule has 6 heteroatoms. The molecule has 0 unspecified atom stereocenters. The van der Waals surface area contributed by atoms with Crippen LogP contribution >= 0.6 is 15.9 Å². The van der Waals surface area contributed by atoms with Crippen molar-refractivity contribution >= 4 is 21.9 Å². The van der Waals surface area contributed by atoms with Gasteiger partial charge in [0.2, 0.25) is 0 Å². The van der Waals surface area contributed by atoms with Crippen molar-refractivity contribution in [2.45, 2.75) is 0 Å². The van der Waals surface area contributed by atoms with Gasteiger partial charge in [-0.1, -0.05) is 0 Å². The van der Waals surface area contributed by atoms with E-state index in [4.69, 9.17) is 5.11 Å². The number of hydrogen-bond donors (Lipinski definition) is 2.